The first-order valence-electron chi connectivity index (χ1n) is 5.85. The van der Waals surface area contributed by atoms with Crippen LogP contribution in [0.2, 0.25) is 0 Å². The zero-order chi connectivity index (χ0) is 10.7. The van der Waals surface area contributed by atoms with Crippen molar-refractivity contribution in [3.8, 4) is 0 Å². The molecular weight excluding hydrogens is 192 g/mol. The predicted octanol–water partition coefficient (Wildman–Crippen LogP) is 0.220. The smallest absolute Gasteiger partial charge is 0.220 e. The Kier molecular flexibility index (Phi) is 3.59. The first-order chi connectivity index (χ1) is 7.25. The molecule has 0 spiro atoms. The van der Waals surface area contributed by atoms with E-state index < -0.39 is 0 Å². The quantitative estimate of drug-likeness (QED) is 0.728. The lowest BCUT2D eigenvalue weighted by atomic mass is 9.95. The summed E-state index contributed by atoms with van der Waals surface area (Å²) in [5.41, 5.74) is 5.30. The average Bonchev–Trinajstić information content (AvgIpc) is 2.71. The van der Waals surface area contributed by atoms with E-state index in [4.69, 9.17) is 10.5 Å². The molecule has 1 atom stereocenters. The van der Waals surface area contributed by atoms with E-state index in [1.807, 2.05) is 0 Å². The summed E-state index contributed by atoms with van der Waals surface area (Å²) in [6.07, 6.45) is 3.06. The van der Waals surface area contributed by atoms with Crippen molar-refractivity contribution < 1.29 is 9.53 Å². The molecule has 15 heavy (non-hydrogen) atoms. The van der Waals surface area contributed by atoms with E-state index in [0.717, 1.165) is 45.7 Å². The molecule has 4 nitrogen and oxygen atoms in total. The molecule has 2 rings (SSSR count). The fourth-order valence-electron chi connectivity index (χ4n) is 2.49. The number of amides is 1. The van der Waals surface area contributed by atoms with Crippen LogP contribution in [0, 0.1) is 11.8 Å². The minimum atomic E-state index is -0.126. The molecule has 0 aliphatic carbocycles. The van der Waals surface area contributed by atoms with Gasteiger partial charge in [-0.2, -0.15) is 0 Å². The second kappa shape index (κ2) is 4.94. The summed E-state index contributed by atoms with van der Waals surface area (Å²) >= 11 is 0. The lowest BCUT2D eigenvalue weighted by molar-refractivity contribution is -0.123. The molecule has 1 amide bonds. The van der Waals surface area contributed by atoms with E-state index >= 15 is 0 Å². The summed E-state index contributed by atoms with van der Waals surface area (Å²) in [5.74, 6) is 0.690. The van der Waals surface area contributed by atoms with Gasteiger partial charge in [0.05, 0.1) is 6.61 Å². The fraction of sp³-hybridized carbons (Fsp3) is 0.909. The van der Waals surface area contributed by atoms with Gasteiger partial charge in [0.25, 0.3) is 0 Å². The number of carbonyl (C=O) groups is 1. The number of nitrogens with zero attached hydrogens (tertiary/aromatic N) is 1. The third kappa shape index (κ3) is 2.92. The van der Waals surface area contributed by atoms with Gasteiger partial charge in [-0.1, -0.05) is 0 Å². The van der Waals surface area contributed by atoms with Crippen molar-refractivity contribution in [2.24, 2.45) is 17.6 Å². The Labute approximate surface area is 90.8 Å². The SMILES string of the molecule is NC(=O)C1CCN(CC2CCOC2)CC1. The van der Waals surface area contributed by atoms with Crippen LogP contribution in [-0.2, 0) is 9.53 Å². The Morgan fingerprint density at radius 1 is 1.33 bits per heavy atom. The van der Waals surface area contributed by atoms with Crippen molar-refractivity contribution in [3.05, 3.63) is 0 Å². The standard InChI is InChI=1S/C11H20N2O2/c12-11(14)10-1-4-13(5-2-10)7-9-3-6-15-8-9/h9-10H,1-8H2,(H2,12,14). The Balaban J connectivity index is 1.71. The van der Waals surface area contributed by atoms with Crippen LogP contribution < -0.4 is 5.73 Å². The molecule has 2 saturated heterocycles. The second-order valence-corrected chi connectivity index (χ2v) is 4.71. The summed E-state index contributed by atoms with van der Waals surface area (Å²) in [6, 6.07) is 0. The number of primary amides is 1. The molecule has 0 aromatic heterocycles. The molecule has 2 aliphatic heterocycles. The molecule has 0 aromatic carbocycles. The molecule has 2 N–H and O–H groups in total. The molecule has 0 radical (unpaired) electrons. The van der Waals surface area contributed by atoms with Gasteiger partial charge in [-0.3, -0.25) is 4.79 Å². The highest BCUT2D eigenvalue weighted by Gasteiger charge is 2.25. The number of hydrogen-bond donors (Lipinski definition) is 1. The van der Waals surface area contributed by atoms with Gasteiger partial charge in [-0.05, 0) is 38.3 Å². The molecular formula is C11H20N2O2. The van der Waals surface area contributed by atoms with Crippen LogP contribution in [0.1, 0.15) is 19.3 Å². The molecule has 2 heterocycles. The van der Waals surface area contributed by atoms with Gasteiger partial charge in [0.15, 0.2) is 0 Å². The van der Waals surface area contributed by atoms with Crippen LogP contribution in [0.25, 0.3) is 0 Å². The summed E-state index contributed by atoms with van der Waals surface area (Å²) in [5, 5.41) is 0. The third-order valence-electron chi connectivity index (χ3n) is 3.53. The van der Waals surface area contributed by atoms with Gasteiger partial charge in [0.2, 0.25) is 5.91 Å². The molecule has 2 fully saturated rings. The monoisotopic (exact) mass is 212 g/mol. The topological polar surface area (TPSA) is 55.6 Å². The van der Waals surface area contributed by atoms with Crippen molar-refractivity contribution in [1.29, 1.82) is 0 Å². The first-order valence-corrected chi connectivity index (χ1v) is 5.85. The Hall–Kier alpha value is -0.610. The highest BCUT2D eigenvalue weighted by Crippen LogP contribution is 2.20. The summed E-state index contributed by atoms with van der Waals surface area (Å²) in [7, 11) is 0. The van der Waals surface area contributed by atoms with E-state index in [0.29, 0.717) is 5.92 Å². The van der Waals surface area contributed by atoms with Crippen molar-refractivity contribution >= 4 is 5.91 Å². The first kappa shape index (κ1) is 10.9. The molecule has 1 unspecified atom stereocenters. The lowest BCUT2D eigenvalue weighted by Crippen LogP contribution is -2.40. The van der Waals surface area contributed by atoms with Crippen LogP contribution in [0.5, 0.6) is 0 Å². The van der Waals surface area contributed by atoms with Gasteiger partial charge in [-0.15, -0.1) is 0 Å². The number of piperidine rings is 1. The number of nitrogens with two attached hydrogens (primary N) is 1. The van der Waals surface area contributed by atoms with Crippen molar-refractivity contribution in [1.82, 2.24) is 4.90 Å². The molecule has 0 saturated carbocycles. The van der Waals surface area contributed by atoms with E-state index in [2.05, 4.69) is 4.90 Å². The van der Waals surface area contributed by atoms with Crippen molar-refractivity contribution in [3.63, 3.8) is 0 Å². The molecule has 86 valence electrons. The van der Waals surface area contributed by atoms with E-state index in [1.54, 1.807) is 0 Å². The van der Waals surface area contributed by atoms with Crippen molar-refractivity contribution in [2.75, 3.05) is 32.8 Å². The van der Waals surface area contributed by atoms with Gasteiger partial charge in [-0.25, -0.2) is 0 Å². The highest BCUT2D eigenvalue weighted by molar-refractivity contribution is 5.76. The summed E-state index contributed by atoms with van der Waals surface area (Å²) < 4.78 is 5.36. The minimum Gasteiger partial charge on any atom is -0.381 e. The largest absolute Gasteiger partial charge is 0.381 e. The Morgan fingerprint density at radius 3 is 2.60 bits per heavy atom. The van der Waals surface area contributed by atoms with Crippen LogP contribution in [0.15, 0.2) is 0 Å². The number of likely N-dealkylation sites (tertiary alicyclic amines) is 1. The van der Waals surface area contributed by atoms with Gasteiger partial charge < -0.3 is 15.4 Å². The highest BCUT2D eigenvalue weighted by atomic mass is 16.5. The van der Waals surface area contributed by atoms with Crippen LogP contribution in [0.4, 0.5) is 0 Å². The normalized spacial score (nSPS) is 29.5. The fourth-order valence-corrected chi connectivity index (χ4v) is 2.49. The van der Waals surface area contributed by atoms with Crippen molar-refractivity contribution in [2.45, 2.75) is 19.3 Å². The van der Waals surface area contributed by atoms with E-state index in [9.17, 15) is 4.79 Å². The summed E-state index contributed by atoms with van der Waals surface area (Å²) in [4.78, 5) is 13.4. The number of rotatable bonds is 3. The zero-order valence-electron chi connectivity index (χ0n) is 9.15. The second-order valence-electron chi connectivity index (χ2n) is 4.71. The van der Waals surface area contributed by atoms with Gasteiger partial charge in [0, 0.05) is 19.1 Å². The Morgan fingerprint density at radius 2 is 2.07 bits per heavy atom. The maximum Gasteiger partial charge on any atom is 0.220 e. The van der Waals surface area contributed by atoms with Crippen LogP contribution >= 0.6 is 0 Å². The minimum absolute atomic E-state index is 0.112. The molecule has 0 aromatic rings. The summed E-state index contributed by atoms with van der Waals surface area (Å²) in [6.45, 7) is 5.00. The van der Waals surface area contributed by atoms with E-state index in [-0.39, 0.29) is 11.8 Å². The zero-order valence-corrected chi connectivity index (χ0v) is 9.15. The number of hydrogen-bond acceptors (Lipinski definition) is 3. The molecule has 0 bridgehead atoms. The number of carbonyl (C=O) groups excluding carboxylic acids is 1. The van der Waals surface area contributed by atoms with Gasteiger partial charge >= 0.3 is 0 Å². The molecule has 4 heteroatoms. The maximum atomic E-state index is 11.0. The third-order valence-corrected chi connectivity index (χ3v) is 3.53. The maximum absolute atomic E-state index is 11.0. The predicted molar refractivity (Wildman–Crippen MR) is 57.3 cm³/mol. The van der Waals surface area contributed by atoms with Crippen LogP contribution in [-0.4, -0.2) is 43.7 Å². The Bertz CT molecular complexity index is 219. The van der Waals surface area contributed by atoms with E-state index in [1.165, 1.54) is 6.42 Å². The number of ether oxygens (including phenoxy) is 1. The average molecular weight is 212 g/mol. The van der Waals surface area contributed by atoms with Crippen LogP contribution in [0.3, 0.4) is 0 Å². The molecule has 2 aliphatic rings. The lowest BCUT2D eigenvalue weighted by Gasteiger charge is -2.31. The van der Waals surface area contributed by atoms with Gasteiger partial charge in [0.1, 0.15) is 0 Å².